The molecule has 2 atom stereocenters. The zero-order valence-corrected chi connectivity index (χ0v) is 17.5. The highest BCUT2D eigenvalue weighted by molar-refractivity contribution is 8.00. The lowest BCUT2D eigenvalue weighted by atomic mass is 9.89. The lowest BCUT2D eigenvalue weighted by Crippen LogP contribution is -2.43. The van der Waals surface area contributed by atoms with Crippen molar-refractivity contribution in [2.45, 2.75) is 49.0 Å². The molecule has 0 aromatic heterocycles. The Kier molecular flexibility index (Phi) is 5.92. The van der Waals surface area contributed by atoms with E-state index in [1.165, 1.54) is 11.8 Å². The Balaban J connectivity index is 1.75. The van der Waals surface area contributed by atoms with Gasteiger partial charge in [0.2, 0.25) is 5.91 Å². The van der Waals surface area contributed by atoms with E-state index in [1.54, 1.807) is 7.11 Å². The SMILES string of the molecule is COc1ccc2c(c1)C(NC(=O)C(C)Sc1ccc(Cl)cc1)CC(C)(C)O2. The molecule has 1 aliphatic rings. The number of halogens is 1. The van der Waals surface area contributed by atoms with Crippen molar-refractivity contribution in [1.29, 1.82) is 0 Å². The highest BCUT2D eigenvalue weighted by atomic mass is 35.5. The first-order valence-electron chi connectivity index (χ1n) is 8.87. The van der Waals surface area contributed by atoms with Crippen LogP contribution in [0.5, 0.6) is 11.5 Å². The molecule has 144 valence electrons. The van der Waals surface area contributed by atoms with Gasteiger partial charge in [-0.3, -0.25) is 4.79 Å². The first kappa shape index (κ1) is 19.9. The lowest BCUT2D eigenvalue weighted by molar-refractivity contribution is -0.121. The van der Waals surface area contributed by atoms with Crippen molar-refractivity contribution in [2.24, 2.45) is 0 Å². The molecule has 0 fully saturated rings. The summed E-state index contributed by atoms with van der Waals surface area (Å²) < 4.78 is 11.4. The van der Waals surface area contributed by atoms with Crippen LogP contribution in [-0.4, -0.2) is 23.9 Å². The van der Waals surface area contributed by atoms with Gasteiger partial charge in [-0.2, -0.15) is 0 Å². The van der Waals surface area contributed by atoms with Crippen LogP contribution in [0.1, 0.15) is 38.8 Å². The number of thioether (sulfide) groups is 1. The van der Waals surface area contributed by atoms with Gasteiger partial charge in [-0.1, -0.05) is 11.6 Å². The minimum Gasteiger partial charge on any atom is -0.497 e. The minimum absolute atomic E-state index is 0.00794. The van der Waals surface area contributed by atoms with Crippen LogP contribution in [0.15, 0.2) is 47.4 Å². The summed E-state index contributed by atoms with van der Waals surface area (Å²) in [6, 6.07) is 13.1. The lowest BCUT2D eigenvalue weighted by Gasteiger charge is -2.38. The maximum Gasteiger partial charge on any atom is 0.233 e. The molecule has 2 aromatic carbocycles. The number of amides is 1. The van der Waals surface area contributed by atoms with Crippen LogP contribution in [0.2, 0.25) is 5.02 Å². The molecule has 1 aliphatic heterocycles. The van der Waals surface area contributed by atoms with Crippen molar-refractivity contribution >= 4 is 29.3 Å². The van der Waals surface area contributed by atoms with E-state index in [1.807, 2.05) is 63.2 Å². The first-order valence-corrected chi connectivity index (χ1v) is 10.1. The molecular weight excluding hydrogens is 382 g/mol. The zero-order chi connectivity index (χ0) is 19.6. The van der Waals surface area contributed by atoms with Gasteiger partial charge >= 0.3 is 0 Å². The second kappa shape index (κ2) is 8.03. The molecule has 1 amide bonds. The topological polar surface area (TPSA) is 47.6 Å². The fourth-order valence-electron chi connectivity index (χ4n) is 3.15. The van der Waals surface area contributed by atoms with Gasteiger partial charge in [0.1, 0.15) is 17.1 Å². The van der Waals surface area contributed by atoms with Crippen LogP contribution in [0.4, 0.5) is 0 Å². The molecule has 27 heavy (non-hydrogen) atoms. The molecule has 1 heterocycles. The largest absolute Gasteiger partial charge is 0.497 e. The summed E-state index contributed by atoms with van der Waals surface area (Å²) in [4.78, 5) is 13.8. The van der Waals surface area contributed by atoms with Crippen LogP contribution in [-0.2, 0) is 4.79 Å². The normalized spacial score (nSPS) is 18.8. The Bertz CT molecular complexity index is 823. The number of hydrogen-bond donors (Lipinski definition) is 1. The maximum atomic E-state index is 12.8. The van der Waals surface area contributed by atoms with E-state index in [0.717, 1.165) is 22.0 Å². The minimum atomic E-state index is -0.355. The van der Waals surface area contributed by atoms with Gasteiger partial charge in [0.25, 0.3) is 0 Å². The summed E-state index contributed by atoms with van der Waals surface area (Å²) in [7, 11) is 1.63. The number of carbonyl (C=O) groups excluding carboxylic acids is 1. The summed E-state index contributed by atoms with van der Waals surface area (Å²) in [6.07, 6.45) is 0.692. The summed E-state index contributed by atoms with van der Waals surface area (Å²) in [6.45, 7) is 5.97. The number of methoxy groups -OCH3 is 1. The van der Waals surface area contributed by atoms with Crippen molar-refractivity contribution in [1.82, 2.24) is 5.32 Å². The van der Waals surface area contributed by atoms with Gasteiger partial charge < -0.3 is 14.8 Å². The standard InChI is InChI=1S/C21H24ClNO3S/c1-13(27-16-8-5-14(22)6-9-16)20(24)23-18-12-21(2,3)26-19-10-7-15(25-4)11-17(18)19/h5-11,13,18H,12H2,1-4H3,(H,23,24). The van der Waals surface area contributed by atoms with E-state index in [9.17, 15) is 4.79 Å². The van der Waals surface area contributed by atoms with E-state index in [2.05, 4.69) is 5.32 Å². The van der Waals surface area contributed by atoms with E-state index in [-0.39, 0.29) is 22.8 Å². The average molecular weight is 406 g/mol. The molecule has 0 saturated carbocycles. The number of rotatable bonds is 5. The molecule has 2 aromatic rings. The highest BCUT2D eigenvalue weighted by Gasteiger charge is 2.35. The second-order valence-corrected chi connectivity index (χ2v) is 9.10. The van der Waals surface area contributed by atoms with Crippen LogP contribution < -0.4 is 14.8 Å². The van der Waals surface area contributed by atoms with Crippen molar-refractivity contribution < 1.29 is 14.3 Å². The monoisotopic (exact) mass is 405 g/mol. The highest BCUT2D eigenvalue weighted by Crippen LogP contribution is 2.41. The van der Waals surface area contributed by atoms with Gasteiger partial charge in [0.15, 0.2) is 0 Å². The molecule has 0 spiro atoms. The molecule has 3 rings (SSSR count). The molecule has 0 radical (unpaired) electrons. The molecule has 6 heteroatoms. The van der Waals surface area contributed by atoms with Crippen molar-refractivity contribution in [3.63, 3.8) is 0 Å². The van der Waals surface area contributed by atoms with E-state index in [0.29, 0.717) is 11.4 Å². The number of fused-ring (bicyclic) bond motifs is 1. The van der Waals surface area contributed by atoms with Crippen molar-refractivity contribution in [3.8, 4) is 11.5 Å². The Morgan fingerprint density at radius 2 is 2.00 bits per heavy atom. The molecule has 0 bridgehead atoms. The summed E-state index contributed by atoms with van der Waals surface area (Å²) in [5, 5.41) is 3.65. The number of hydrogen-bond acceptors (Lipinski definition) is 4. The van der Waals surface area contributed by atoms with Gasteiger partial charge in [0.05, 0.1) is 18.4 Å². The smallest absolute Gasteiger partial charge is 0.233 e. The number of nitrogens with one attached hydrogen (secondary N) is 1. The van der Waals surface area contributed by atoms with Gasteiger partial charge in [-0.25, -0.2) is 0 Å². The summed E-state index contributed by atoms with van der Waals surface area (Å²) in [5.41, 5.74) is 0.595. The molecule has 4 nitrogen and oxygen atoms in total. The van der Waals surface area contributed by atoms with Crippen LogP contribution in [0.3, 0.4) is 0 Å². The predicted molar refractivity (Wildman–Crippen MR) is 110 cm³/mol. The van der Waals surface area contributed by atoms with Gasteiger partial charge in [-0.05, 0) is 63.2 Å². The fraction of sp³-hybridized carbons (Fsp3) is 0.381. The van der Waals surface area contributed by atoms with Crippen LogP contribution >= 0.6 is 23.4 Å². The summed E-state index contributed by atoms with van der Waals surface area (Å²) in [5.74, 6) is 1.53. The number of benzene rings is 2. The first-order chi connectivity index (χ1) is 12.8. The molecule has 0 saturated heterocycles. The number of ether oxygens (including phenoxy) is 2. The Morgan fingerprint density at radius 3 is 2.67 bits per heavy atom. The zero-order valence-electron chi connectivity index (χ0n) is 15.9. The van der Waals surface area contributed by atoms with Crippen molar-refractivity contribution in [2.75, 3.05) is 7.11 Å². The maximum absolute atomic E-state index is 12.8. The molecule has 0 aliphatic carbocycles. The Hall–Kier alpha value is -1.85. The molecular formula is C21H24ClNO3S. The Labute approximate surface area is 169 Å². The molecule has 1 N–H and O–H groups in total. The van der Waals surface area contributed by atoms with Gasteiger partial charge in [0, 0.05) is 21.9 Å². The van der Waals surface area contributed by atoms with E-state index < -0.39 is 0 Å². The van der Waals surface area contributed by atoms with Crippen LogP contribution in [0.25, 0.3) is 0 Å². The average Bonchev–Trinajstić information content (AvgIpc) is 2.62. The van der Waals surface area contributed by atoms with Crippen LogP contribution in [0, 0.1) is 0 Å². The fourth-order valence-corrected chi connectivity index (χ4v) is 4.15. The third kappa shape index (κ3) is 4.90. The third-order valence-corrected chi connectivity index (χ3v) is 5.85. The number of carbonyl (C=O) groups is 1. The predicted octanol–water partition coefficient (Wildman–Crippen LogP) is 5.25. The second-order valence-electron chi connectivity index (χ2n) is 7.24. The van der Waals surface area contributed by atoms with E-state index in [4.69, 9.17) is 21.1 Å². The third-order valence-electron chi connectivity index (χ3n) is 4.49. The Morgan fingerprint density at radius 1 is 1.30 bits per heavy atom. The van der Waals surface area contributed by atoms with Crippen molar-refractivity contribution in [3.05, 3.63) is 53.1 Å². The molecule has 2 unspecified atom stereocenters. The summed E-state index contributed by atoms with van der Waals surface area (Å²) >= 11 is 7.44. The van der Waals surface area contributed by atoms with E-state index >= 15 is 0 Å². The quantitative estimate of drug-likeness (QED) is 0.690. The van der Waals surface area contributed by atoms with Gasteiger partial charge in [-0.15, -0.1) is 11.8 Å².